The Morgan fingerprint density at radius 3 is 2.58 bits per heavy atom. The highest BCUT2D eigenvalue weighted by Gasteiger charge is 2.34. The molecule has 0 aromatic heterocycles. The molecule has 1 unspecified atom stereocenters. The Kier molecular flexibility index (Phi) is 5.39. The first kappa shape index (κ1) is 19.3. The van der Waals surface area contributed by atoms with Crippen molar-refractivity contribution in [2.75, 3.05) is 39.4 Å². The van der Waals surface area contributed by atoms with Crippen LogP contribution >= 0.6 is 0 Å². The van der Waals surface area contributed by atoms with E-state index >= 15 is 0 Å². The van der Waals surface area contributed by atoms with E-state index in [2.05, 4.69) is 0 Å². The highest BCUT2D eigenvalue weighted by Crippen LogP contribution is 2.24. The van der Waals surface area contributed by atoms with Crippen LogP contribution in [-0.4, -0.2) is 74.6 Å². The molecular formula is C18H26N2O5S. The summed E-state index contributed by atoms with van der Waals surface area (Å²) in [5.41, 5.74) is -0.0469. The van der Waals surface area contributed by atoms with Crippen molar-refractivity contribution >= 4 is 15.9 Å². The minimum atomic E-state index is -3.62. The summed E-state index contributed by atoms with van der Waals surface area (Å²) in [4.78, 5) is 14.8. The lowest BCUT2D eigenvalue weighted by Crippen LogP contribution is -2.53. The van der Waals surface area contributed by atoms with E-state index in [1.54, 1.807) is 17.0 Å². The van der Waals surface area contributed by atoms with Crippen molar-refractivity contribution in [3.63, 3.8) is 0 Å². The fourth-order valence-corrected chi connectivity index (χ4v) is 4.97. The monoisotopic (exact) mass is 382 g/mol. The summed E-state index contributed by atoms with van der Waals surface area (Å²) in [5, 5.41) is 0. The zero-order chi connectivity index (χ0) is 18.9. The fourth-order valence-electron chi connectivity index (χ4n) is 3.52. The zero-order valence-electron chi connectivity index (χ0n) is 15.5. The Balaban J connectivity index is 1.83. The van der Waals surface area contributed by atoms with Crippen LogP contribution < -0.4 is 0 Å². The molecule has 26 heavy (non-hydrogen) atoms. The lowest BCUT2D eigenvalue weighted by molar-refractivity contribution is -0.118. The van der Waals surface area contributed by atoms with Crippen molar-refractivity contribution in [2.45, 2.75) is 37.4 Å². The molecule has 0 radical (unpaired) electrons. The molecule has 8 heteroatoms. The lowest BCUT2D eigenvalue weighted by Gasteiger charge is -2.41. The fraction of sp³-hybridized carbons (Fsp3) is 0.611. The van der Waals surface area contributed by atoms with Gasteiger partial charge in [-0.2, -0.15) is 4.31 Å². The van der Waals surface area contributed by atoms with E-state index in [-0.39, 0.29) is 16.9 Å². The van der Waals surface area contributed by atoms with E-state index in [0.717, 1.165) is 0 Å². The highest BCUT2D eigenvalue weighted by atomic mass is 32.2. The number of ether oxygens (including phenoxy) is 2. The summed E-state index contributed by atoms with van der Waals surface area (Å²) in [5.74, 6) is -0.174. The van der Waals surface area contributed by atoms with E-state index in [1.165, 1.54) is 16.4 Å². The van der Waals surface area contributed by atoms with Gasteiger partial charge in [0.25, 0.3) is 5.91 Å². The molecule has 0 spiro atoms. The minimum Gasteiger partial charge on any atom is -0.379 e. The molecular weight excluding hydrogens is 356 g/mol. The van der Waals surface area contributed by atoms with Crippen molar-refractivity contribution in [1.29, 1.82) is 0 Å². The smallest absolute Gasteiger partial charge is 0.254 e. The van der Waals surface area contributed by atoms with Gasteiger partial charge in [0.1, 0.15) is 0 Å². The van der Waals surface area contributed by atoms with Crippen LogP contribution in [0.5, 0.6) is 0 Å². The first-order chi connectivity index (χ1) is 12.2. The first-order valence-corrected chi connectivity index (χ1v) is 10.3. The third kappa shape index (κ3) is 4.09. The van der Waals surface area contributed by atoms with Gasteiger partial charge in [-0.3, -0.25) is 4.79 Å². The molecule has 1 amide bonds. The maximum Gasteiger partial charge on any atom is 0.254 e. The molecule has 0 aliphatic carbocycles. The number of nitrogens with zero attached hydrogens (tertiary/aromatic N) is 2. The minimum absolute atomic E-state index is 0.0667. The predicted molar refractivity (Wildman–Crippen MR) is 96.5 cm³/mol. The summed E-state index contributed by atoms with van der Waals surface area (Å²) in [6.07, 6.45) is -0.0667. The summed E-state index contributed by atoms with van der Waals surface area (Å²) < 4.78 is 38.1. The van der Waals surface area contributed by atoms with Crippen LogP contribution in [0.2, 0.25) is 0 Å². The molecule has 2 heterocycles. The van der Waals surface area contributed by atoms with Gasteiger partial charge in [-0.05, 0) is 39.0 Å². The van der Waals surface area contributed by atoms with E-state index in [1.807, 2.05) is 20.8 Å². The number of morpholine rings is 2. The summed E-state index contributed by atoms with van der Waals surface area (Å²) >= 11 is 0. The Bertz CT molecular complexity index is 772. The number of rotatable bonds is 3. The second-order valence-electron chi connectivity index (χ2n) is 7.42. The third-order valence-corrected chi connectivity index (χ3v) is 6.44. The third-order valence-electron chi connectivity index (χ3n) is 4.55. The van der Waals surface area contributed by atoms with Gasteiger partial charge in [0.15, 0.2) is 0 Å². The van der Waals surface area contributed by atoms with Gasteiger partial charge in [0.05, 0.1) is 29.8 Å². The van der Waals surface area contributed by atoms with Gasteiger partial charge < -0.3 is 14.4 Å². The van der Waals surface area contributed by atoms with E-state index < -0.39 is 15.6 Å². The molecule has 0 N–H and O–H groups in total. The molecule has 1 aromatic rings. The summed E-state index contributed by atoms with van der Waals surface area (Å²) in [6.45, 7) is 8.22. The molecule has 2 aliphatic heterocycles. The van der Waals surface area contributed by atoms with Crippen LogP contribution in [-0.2, 0) is 19.5 Å². The van der Waals surface area contributed by atoms with Crippen LogP contribution in [0.15, 0.2) is 29.2 Å². The average Bonchev–Trinajstić information content (AvgIpc) is 2.60. The number of amides is 1. The largest absolute Gasteiger partial charge is 0.379 e. The molecule has 144 valence electrons. The summed E-state index contributed by atoms with van der Waals surface area (Å²) in [6, 6.07) is 6.29. The Morgan fingerprint density at radius 1 is 1.23 bits per heavy atom. The molecule has 1 atom stereocenters. The van der Waals surface area contributed by atoms with Crippen LogP contribution in [0.25, 0.3) is 0 Å². The number of hydrogen-bond donors (Lipinski definition) is 0. The maximum atomic E-state index is 12.9. The Morgan fingerprint density at radius 2 is 1.92 bits per heavy atom. The van der Waals surface area contributed by atoms with Crippen LogP contribution in [0.1, 0.15) is 31.1 Å². The van der Waals surface area contributed by atoms with Crippen molar-refractivity contribution < 1.29 is 22.7 Å². The molecule has 0 saturated carbocycles. The van der Waals surface area contributed by atoms with E-state index in [9.17, 15) is 13.2 Å². The molecule has 0 bridgehead atoms. The zero-order valence-corrected chi connectivity index (χ0v) is 16.3. The van der Waals surface area contributed by atoms with Crippen molar-refractivity contribution in [3.05, 3.63) is 29.8 Å². The number of benzene rings is 1. The van der Waals surface area contributed by atoms with Crippen LogP contribution in [0, 0.1) is 0 Å². The standard InChI is InChI=1S/C18H26N2O5S/c1-14-12-19(13-18(2,3)25-14)17(21)15-5-4-6-16(11-15)26(22,23)20-7-9-24-10-8-20/h4-6,11,14H,7-10,12-13H2,1-3H3. The number of carbonyl (C=O) groups is 1. The normalized spacial score (nSPS) is 24.4. The van der Waals surface area contributed by atoms with Gasteiger partial charge in [-0.25, -0.2) is 8.42 Å². The van der Waals surface area contributed by atoms with E-state index in [4.69, 9.17) is 9.47 Å². The second kappa shape index (κ2) is 7.26. The van der Waals surface area contributed by atoms with Crippen molar-refractivity contribution in [3.8, 4) is 0 Å². The number of hydrogen-bond acceptors (Lipinski definition) is 5. The first-order valence-electron chi connectivity index (χ1n) is 8.84. The number of sulfonamides is 1. The summed E-state index contributed by atoms with van der Waals surface area (Å²) in [7, 11) is -3.62. The predicted octanol–water partition coefficient (Wildman–Crippen LogP) is 1.35. The van der Waals surface area contributed by atoms with Crippen LogP contribution in [0.4, 0.5) is 0 Å². The van der Waals surface area contributed by atoms with Crippen LogP contribution in [0.3, 0.4) is 0 Å². The quantitative estimate of drug-likeness (QED) is 0.789. The molecule has 2 saturated heterocycles. The van der Waals surface area contributed by atoms with Gasteiger partial charge in [-0.1, -0.05) is 6.07 Å². The number of carbonyl (C=O) groups excluding carboxylic acids is 1. The maximum absolute atomic E-state index is 12.9. The molecule has 2 aliphatic rings. The Labute approximate surface area is 154 Å². The topological polar surface area (TPSA) is 76.2 Å². The lowest BCUT2D eigenvalue weighted by atomic mass is 10.0. The molecule has 7 nitrogen and oxygen atoms in total. The second-order valence-corrected chi connectivity index (χ2v) is 9.36. The SMILES string of the molecule is CC1CN(C(=O)c2cccc(S(=O)(=O)N3CCOCC3)c2)CC(C)(C)O1. The van der Waals surface area contributed by atoms with Crippen molar-refractivity contribution in [2.24, 2.45) is 0 Å². The Hall–Kier alpha value is -1.48. The van der Waals surface area contributed by atoms with Gasteiger partial charge in [-0.15, -0.1) is 0 Å². The van der Waals surface area contributed by atoms with Gasteiger partial charge in [0.2, 0.25) is 10.0 Å². The van der Waals surface area contributed by atoms with Crippen molar-refractivity contribution in [1.82, 2.24) is 9.21 Å². The molecule has 2 fully saturated rings. The molecule has 1 aromatic carbocycles. The molecule has 3 rings (SSSR count). The highest BCUT2D eigenvalue weighted by molar-refractivity contribution is 7.89. The van der Waals surface area contributed by atoms with Gasteiger partial charge >= 0.3 is 0 Å². The average molecular weight is 382 g/mol. The van der Waals surface area contributed by atoms with E-state index in [0.29, 0.717) is 45.0 Å². The van der Waals surface area contributed by atoms with Gasteiger partial charge in [0, 0.05) is 31.7 Å².